The highest BCUT2D eigenvalue weighted by Crippen LogP contribution is 2.46. The van der Waals surface area contributed by atoms with Gasteiger partial charge in [0.05, 0.1) is 17.2 Å². The molecule has 1 heterocycles. The molecule has 7 heteroatoms. The van der Waals surface area contributed by atoms with Gasteiger partial charge in [-0.1, -0.05) is 18.2 Å². The lowest BCUT2D eigenvalue weighted by atomic mass is 9.76. The number of carbonyl (C=O) groups is 2. The average molecular weight is 410 g/mol. The van der Waals surface area contributed by atoms with Crippen LogP contribution in [0.15, 0.2) is 59.8 Å². The van der Waals surface area contributed by atoms with E-state index >= 15 is 0 Å². The van der Waals surface area contributed by atoms with Crippen molar-refractivity contribution in [3.8, 4) is 6.07 Å². The van der Waals surface area contributed by atoms with Gasteiger partial charge in [-0.15, -0.1) is 0 Å². The van der Waals surface area contributed by atoms with Gasteiger partial charge in [0.2, 0.25) is 5.91 Å². The molecule has 30 heavy (non-hydrogen) atoms. The summed E-state index contributed by atoms with van der Waals surface area (Å²) in [5, 5.41) is 8.99. The van der Waals surface area contributed by atoms with E-state index in [-0.39, 0.29) is 30.1 Å². The second kappa shape index (κ2) is 7.45. The minimum absolute atomic E-state index is 0.0411. The van der Waals surface area contributed by atoms with Gasteiger partial charge in [-0.3, -0.25) is 14.5 Å². The van der Waals surface area contributed by atoms with Crippen molar-refractivity contribution in [2.24, 2.45) is 0 Å². The van der Waals surface area contributed by atoms with E-state index in [0.29, 0.717) is 35.4 Å². The standard InChI is InChI=1S/C23H17F3N2O2/c24-23(25,26)18-5-2-1-4-16(18)17-12-21(30)28(15-10-8-14(13-27)9-11-15)19-6-3-7-20(29)22(17)19/h1-2,4-5,8-11,17H,3,6-7,12H2. The number of ketones is 1. The maximum atomic E-state index is 13.6. The van der Waals surface area contributed by atoms with Gasteiger partial charge in [-0.25, -0.2) is 0 Å². The third kappa shape index (κ3) is 3.39. The van der Waals surface area contributed by atoms with Crippen LogP contribution in [0.5, 0.6) is 0 Å². The fourth-order valence-electron chi connectivity index (χ4n) is 4.30. The number of halogens is 3. The Kier molecular flexibility index (Phi) is 4.94. The van der Waals surface area contributed by atoms with Crippen LogP contribution in [0, 0.1) is 11.3 Å². The van der Waals surface area contributed by atoms with E-state index in [1.54, 1.807) is 24.3 Å². The van der Waals surface area contributed by atoms with E-state index in [4.69, 9.17) is 5.26 Å². The van der Waals surface area contributed by atoms with Crippen LogP contribution >= 0.6 is 0 Å². The van der Waals surface area contributed by atoms with Gasteiger partial charge < -0.3 is 0 Å². The van der Waals surface area contributed by atoms with E-state index in [0.717, 1.165) is 6.07 Å². The quantitative estimate of drug-likeness (QED) is 0.692. The number of carbonyl (C=O) groups excluding carboxylic acids is 2. The minimum atomic E-state index is -4.58. The lowest BCUT2D eigenvalue weighted by Crippen LogP contribution is -2.41. The summed E-state index contributed by atoms with van der Waals surface area (Å²) in [6.07, 6.45) is -3.60. The molecule has 0 N–H and O–H groups in total. The number of hydrogen-bond acceptors (Lipinski definition) is 3. The van der Waals surface area contributed by atoms with Gasteiger partial charge in [0, 0.05) is 35.7 Å². The van der Waals surface area contributed by atoms with Gasteiger partial charge in [0.15, 0.2) is 5.78 Å². The number of benzene rings is 2. The summed E-state index contributed by atoms with van der Waals surface area (Å²) < 4.78 is 40.8. The fourth-order valence-corrected chi connectivity index (χ4v) is 4.30. The number of alkyl halides is 3. The molecule has 1 amide bonds. The van der Waals surface area contributed by atoms with E-state index < -0.39 is 17.7 Å². The Labute approximate surface area is 171 Å². The summed E-state index contributed by atoms with van der Waals surface area (Å²) in [5.41, 5.74) is 0.828. The summed E-state index contributed by atoms with van der Waals surface area (Å²) in [5.74, 6) is -1.51. The Morgan fingerprint density at radius 3 is 2.37 bits per heavy atom. The average Bonchev–Trinajstić information content (AvgIpc) is 2.73. The predicted octanol–water partition coefficient (Wildman–Crippen LogP) is 5.10. The molecule has 152 valence electrons. The molecular weight excluding hydrogens is 393 g/mol. The van der Waals surface area contributed by atoms with Crippen LogP contribution in [0.2, 0.25) is 0 Å². The number of rotatable bonds is 2. The molecule has 0 radical (unpaired) electrons. The van der Waals surface area contributed by atoms with Crippen molar-refractivity contribution in [1.29, 1.82) is 5.26 Å². The third-order valence-electron chi connectivity index (χ3n) is 5.57. The van der Waals surface area contributed by atoms with Crippen LogP contribution < -0.4 is 4.90 Å². The second-order valence-corrected chi connectivity index (χ2v) is 7.37. The maximum Gasteiger partial charge on any atom is 0.416 e. The van der Waals surface area contributed by atoms with Gasteiger partial charge in [-0.2, -0.15) is 18.4 Å². The topological polar surface area (TPSA) is 61.2 Å². The third-order valence-corrected chi connectivity index (χ3v) is 5.57. The summed E-state index contributed by atoms with van der Waals surface area (Å²) in [6, 6.07) is 13.5. The molecule has 2 aliphatic rings. The molecule has 1 aliphatic heterocycles. The molecule has 4 nitrogen and oxygen atoms in total. The largest absolute Gasteiger partial charge is 0.416 e. The lowest BCUT2D eigenvalue weighted by molar-refractivity contribution is -0.138. The lowest BCUT2D eigenvalue weighted by Gasteiger charge is -2.39. The van der Waals surface area contributed by atoms with E-state index in [1.807, 2.05) is 6.07 Å². The van der Waals surface area contributed by atoms with Crippen molar-refractivity contribution in [3.05, 3.63) is 76.5 Å². The molecule has 1 aliphatic carbocycles. The summed E-state index contributed by atoms with van der Waals surface area (Å²) >= 11 is 0. The van der Waals surface area contributed by atoms with E-state index in [9.17, 15) is 22.8 Å². The SMILES string of the molecule is N#Cc1ccc(N2C(=O)CC(c3ccccc3C(F)(F)F)C3=C2CCCC3=O)cc1. The molecule has 0 spiro atoms. The zero-order valence-corrected chi connectivity index (χ0v) is 15.9. The van der Waals surface area contributed by atoms with E-state index in [2.05, 4.69) is 0 Å². The minimum Gasteiger partial charge on any atom is -0.294 e. The molecule has 2 aromatic rings. The Hall–Kier alpha value is -3.40. The highest BCUT2D eigenvalue weighted by Gasteiger charge is 2.43. The smallest absolute Gasteiger partial charge is 0.294 e. The molecule has 0 aromatic heterocycles. The number of amides is 1. The number of allylic oxidation sites excluding steroid dienone is 2. The van der Waals surface area contributed by atoms with Crippen LogP contribution in [-0.4, -0.2) is 11.7 Å². The molecule has 0 saturated heterocycles. The molecular formula is C23H17F3N2O2. The first-order valence-corrected chi connectivity index (χ1v) is 9.56. The van der Waals surface area contributed by atoms with Crippen molar-refractivity contribution in [3.63, 3.8) is 0 Å². The molecule has 0 fully saturated rings. The van der Waals surface area contributed by atoms with Crippen LogP contribution in [0.25, 0.3) is 0 Å². The van der Waals surface area contributed by atoms with Gasteiger partial charge >= 0.3 is 6.18 Å². The van der Waals surface area contributed by atoms with Crippen molar-refractivity contribution in [2.75, 3.05) is 4.90 Å². The number of anilines is 1. The van der Waals surface area contributed by atoms with Crippen LogP contribution in [-0.2, 0) is 15.8 Å². The van der Waals surface area contributed by atoms with Crippen molar-refractivity contribution < 1.29 is 22.8 Å². The first-order valence-electron chi connectivity index (χ1n) is 9.56. The van der Waals surface area contributed by atoms with Crippen molar-refractivity contribution in [1.82, 2.24) is 0 Å². The maximum absolute atomic E-state index is 13.6. The molecule has 2 aromatic carbocycles. The Morgan fingerprint density at radius 1 is 1.00 bits per heavy atom. The molecule has 1 atom stereocenters. The van der Waals surface area contributed by atoms with Crippen LogP contribution in [0.4, 0.5) is 18.9 Å². The zero-order chi connectivity index (χ0) is 21.5. The highest BCUT2D eigenvalue weighted by atomic mass is 19.4. The number of hydrogen-bond donors (Lipinski definition) is 0. The summed E-state index contributed by atoms with van der Waals surface area (Å²) in [6.45, 7) is 0. The number of nitriles is 1. The second-order valence-electron chi connectivity index (χ2n) is 7.37. The summed E-state index contributed by atoms with van der Waals surface area (Å²) in [4.78, 5) is 27.4. The monoisotopic (exact) mass is 410 g/mol. The normalized spacial score (nSPS) is 19.5. The van der Waals surface area contributed by atoms with Gasteiger partial charge in [-0.05, 0) is 48.7 Å². The zero-order valence-electron chi connectivity index (χ0n) is 15.9. The first kappa shape index (κ1) is 19.9. The molecule has 0 saturated carbocycles. The molecule has 4 rings (SSSR count). The Balaban J connectivity index is 1.88. The van der Waals surface area contributed by atoms with Crippen molar-refractivity contribution >= 4 is 17.4 Å². The highest BCUT2D eigenvalue weighted by molar-refractivity contribution is 6.07. The predicted molar refractivity (Wildman–Crippen MR) is 103 cm³/mol. The van der Waals surface area contributed by atoms with E-state index in [1.165, 1.54) is 23.1 Å². The van der Waals surface area contributed by atoms with Crippen LogP contribution in [0.1, 0.15) is 48.3 Å². The van der Waals surface area contributed by atoms with Crippen LogP contribution in [0.3, 0.4) is 0 Å². The molecule has 0 bridgehead atoms. The number of nitrogens with zero attached hydrogens (tertiary/aromatic N) is 2. The Morgan fingerprint density at radius 2 is 1.70 bits per heavy atom. The summed E-state index contributed by atoms with van der Waals surface area (Å²) in [7, 11) is 0. The van der Waals surface area contributed by atoms with Gasteiger partial charge in [0.1, 0.15) is 0 Å². The van der Waals surface area contributed by atoms with Crippen molar-refractivity contribution in [2.45, 2.75) is 37.8 Å². The fraction of sp³-hybridized carbons (Fsp3) is 0.261. The number of Topliss-reactive ketones (excluding diaryl/α,β-unsaturated/α-hetero) is 1. The first-order chi connectivity index (χ1) is 14.3. The Bertz CT molecular complexity index is 1090. The molecule has 1 unspecified atom stereocenters. The van der Waals surface area contributed by atoms with Gasteiger partial charge in [0.25, 0.3) is 0 Å².